The number of carbonyl (C=O) groups is 3. The van der Waals surface area contributed by atoms with Gasteiger partial charge in [-0.25, -0.2) is 0 Å². The number of aliphatic carboxylic acids is 1. The molecule has 0 bridgehead atoms. The number of carboxylic acid groups (broad SMARTS) is 1. The maximum atomic E-state index is 12.7. The van der Waals surface area contributed by atoms with Gasteiger partial charge in [-0.1, -0.05) is 46.3 Å². The van der Waals surface area contributed by atoms with Gasteiger partial charge in [-0.2, -0.15) is 0 Å². The fourth-order valence-corrected chi connectivity index (χ4v) is 7.11. The topological polar surface area (TPSA) is 137 Å². The van der Waals surface area contributed by atoms with E-state index in [4.69, 9.17) is 23.2 Å². The first-order valence-electron chi connectivity index (χ1n) is 9.31. The second kappa shape index (κ2) is 11.3. The van der Waals surface area contributed by atoms with E-state index in [2.05, 4.69) is 15.5 Å². The zero-order valence-electron chi connectivity index (χ0n) is 17.7. The third-order valence-corrected chi connectivity index (χ3v) is 8.69. The summed E-state index contributed by atoms with van der Waals surface area (Å²) in [6.45, 7) is 1.59. The molecule has 0 saturated carbocycles. The fraction of sp³-hybridized carbons (Fsp3) is 0.333. The summed E-state index contributed by atoms with van der Waals surface area (Å²) >= 11 is 15.7. The van der Waals surface area contributed by atoms with Crippen molar-refractivity contribution in [2.75, 3.05) is 11.5 Å². The van der Waals surface area contributed by atoms with Gasteiger partial charge in [0, 0.05) is 23.9 Å². The van der Waals surface area contributed by atoms with Gasteiger partial charge in [0.2, 0.25) is 11.3 Å². The molecule has 2 atom stereocenters. The molecule has 2 aliphatic rings. The fourth-order valence-electron chi connectivity index (χ4n) is 3.30. The van der Waals surface area contributed by atoms with E-state index in [1.54, 1.807) is 0 Å². The van der Waals surface area contributed by atoms with Crippen LogP contribution in [0.15, 0.2) is 32.8 Å². The summed E-state index contributed by atoms with van der Waals surface area (Å²) in [7, 11) is 0. The first kappa shape index (κ1) is 27.5. The van der Waals surface area contributed by atoms with E-state index in [1.165, 1.54) is 51.8 Å². The minimum atomic E-state index is -1.44. The van der Waals surface area contributed by atoms with Crippen molar-refractivity contribution in [3.63, 3.8) is 0 Å². The average Bonchev–Trinajstić information content (AvgIpc) is 3.18. The predicted molar refractivity (Wildman–Crippen MR) is 123 cm³/mol. The van der Waals surface area contributed by atoms with Crippen molar-refractivity contribution in [2.45, 2.75) is 29.2 Å². The Hall–Kier alpha value is -1.06. The van der Waals surface area contributed by atoms with Gasteiger partial charge in [0.25, 0.3) is 5.91 Å². The van der Waals surface area contributed by atoms with Crippen LogP contribution in [0.5, 0.6) is 0 Å². The second-order valence-corrected chi connectivity index (χ2v) is 11.3. The van der Waals surface area contributed by atoms with Gasteiger partial charge in [0.1, 0.15) is 33.0 Å². The molecule has 2 aromatic heterocycles. The van der Waals surface area contributed by atoms with Gasteiger partial charge in [-0.3, -0.25) is 19.3 Å². The minimum Gasteiger partial charge on any atom is -0.543 e. The summed E-state index contributed by atoms with van der Waals surface area (Å²) in [5.41, 5.74) is -0.165. The number of halogens is 2. The number of carboxylic acids is 1. The van der Waals surface area contributed by atoms with E-state index in [0.717, 1.165) is 9.91 Å². The number of carbonyl (C=O) groups excluding carboxylic acids is 3. The molecule has 0 radical (unpaired) electrons. The molecule has 1 N–H and O–H groups in total. The number of nitrogens with zero attached hydrogens (tertiary/aromatic N) is 4. The minimum absolute atomic E-state index is 0. The summed E-state index contributed by atoms with van der Waals surface area (Å²) in [5, 5.41) is 22.3. The Morgan fingerprint density at radius 1 is 1.26 bits per heavy atom. The molecule has 16 heteroatoms. The Kier molecular flexibility index (Phi) is 9.18. The van der Waals surface area contributed by atoms with Crippen LogP contribution in [0.2, 0.25) is 10.0 Å². The van der Waals surface area contributed by atoms with E-state index in [0.29, 0.717) is 21.4 Å². The van der Waals surface area contributed by atoms with Crippen LogP contribution >= 0.6 is 58.1 Å². The van der Waals surface area contributed by atoms with E-state index in [1.807, 2.05) is 6.92 Å². The number of amides is 2. The first-order chi connectivity index (χ1) is 15.7. The maximum Gasteiger partial charge on any atom is 1.00 e. The van der Waals surface area contributed by atoms with Gasteiger partial charge >= 0.3 is 29.6 Å². The molecule has 1 saturated heterocycles. The van der Waals surface area contributed by atoms with Crippen molar-refractivity contribution >= 4 is 75.8 Å². The van der Waals surface area contributed by atoms with Crippen LogP contribution in [0, 0.1) is 6.92 Å². The number of pyridine rings is 1. The van der Waals surface area contributed by atoms with Crippen LogP contribution < -0.4 is 45.4 Å². The molecule has 174 valence electrons. The Balaban J connectivity index is 0.00000324. The number of rotatable bonds is 7. The number of fused-ring (bicyclic) bond motifs is 1. The molecule has 0 spiro atoms. The largest absolute Gasteiger partial charge is 1.00 e. The summed E-state index contributed by atoms with van der Waals surface area (Å²) in [6, 6.07) is -0.887. The SMILES string of the molecule is Cc1nnc(SCC2=C(C(=O)[O-])N3C(=O)[C@@H](NC(=O)Cn4cc(Cl)c(=O)c(Cl)c4)C3SC2)s1.[Na+]. The van der Waals surface area contributed by atoms with Gasteiger partial charge in [0.05, 0.1) is 11.7 Å². The molecule has 1 unspecified atom stereocenters. The quantitative estimate of drug-likeness (QED) is 0.218. The molecular formula is C18H14Cl2N5NaO5S3. The molecule has 4 heterocycles. The zero-order valence-corrected chi connectivity index (χ0v) is 23.7. The number of hydrogen-bond acceptors (Lipinski definition) is 10. The Bertz CT molecular complexity index is 1230. The molecular weight excluding hydrogens is 556 g/mol. The van der Waals surface area contributed by atoms with E-state index in [9.17, 15) is 24.3 Å². The smallest absolute Gasteiger partial charge is 0.543 e. The van der Waals surface area contributed by atoms with Crippen molar-refractivity contribution < 1.29 is 49.0 Å². The first-order valence-corrected chi connectivity index (χ1v) is 12.9. The predicted octanol–water partition coefficient (Wildman–Crippen LogP) is -2.48. The molecule has 0 aromatic carbocycles. The molecule has 4 rings (SSSR count). The summed E-state index contributed by atoms with van der Waals surface area (Å²) in [5.74, 6) is -1.81. The number of β-lactam (4-membered cyclic amide) rings is 1. The molecule has 1 fully saturated rings. The van der Waals surface area contributed by atoms with Crippen LogP contribution in [-0.4, -0.2) is 60.4 Å². The van der Waals surface area contributed by atoms with Crippen molar-refractivity contribution in [3.8, 4) is 0 Å². The molecule has 2 aliphatic heterocycles. The zero-order chi connectivity index (χ0) is 23.9. The van der Waals surface area contributed by atoms with Crippen LogP contribution in [-0.2, 0) is 20.9 Å². The van der Waals surface area contributed by atoms with Crippen molar-refractivity contribution in [3.05, 3.63) is 48.9 Å². The number of nitrogens with one attached hydrogen (secondary N) is 1. The number of aryl methyl sites for hydroxylation is 1. The number of hydrogen-bond donors (Lipinski definition) is 1. The van der Waals surface area contributed by atoms with Gasteiger partial charge in [0.15, 0.2) is 4.34 Å². The van der Waals surface area contributed by atoms with Crippen LogP contribution in [0.25, 0.3) is 0 Å². The van der Waals surface area contributed by atoms with Crippen LogP contribution in [0.4, 0.5) is 0 Å². The monoisotopic (exact) mass is 569 g/mol. The number of thioether (sulfide) groups is 2. The standard InChI is InChI=1S/C18H15Cl2N5O5S3.Na/c1-7-22-23-18(33-7)32-6-8-5-31-16-12(15(28)25(16)13(8)17(29)30)21-11(26)4-24-2-9(19)14(27)10(20)3-24;/h2-3,12,16H,4-6H2,1H3,(H,21,26)(H,29,30);/q;+1/p-1/t12-,16?;/m1./s1. The van der Waals surface area contributed by atoms with E-state index < -0.39 is 34.6 Å². The summed E-state index contributed by atoms with van der Waals surface area (Å²) in [4.78, 5) is 49.8. The maximum absolute atomic E-state index is 12.7. The van der Waals surface area contributed by atoms with E-state index >= 15 is 0 Å². The Morgan fingerprint density at radius 3 is 2.53 bits per heavy atom. The van der Waals surface area contributed by atoms with E-state index in [-0.39, 0.29) is 51.8 Å². The van der Waals surface area contributed by atoms with Crippen LogP contribution in [0.1, 0.15) is 5.01 Å². The third kappa shape index (κ3) is 5.67. The van der Waals surface area contributed by atoms with Crippen molar-refractivity contribution in [2.24, 2.45) is 0 Å². The molecule has 34 heavy (non-hydrogen) atoms. The molecule has 0 aliphatic carbocycles. The summed E-state index contributed by atoms with van der Waals surface area (Å²) in [6.07, 6.45) is 2.53. The molecule has 10 nitrogen and oxygen atoms in total. The van der Waals surface area contributed by atoms with Gasteiger partial charge < -0.3 is 19.8 Å². The molecule has 2 amide bonds. The Morgan fingerprint density at radius 2 is 1.94 bits per heavy atom. The number of aromatic nitrogens is 3. The Labute approximate surface area is 237 Å². The average molecular weight is 570 g/mol. The summed E-state index contributed by atoms with van der Waals surface area (Å²) < 4.78 is 2.03. The molecule has 2 aromatic rings. The normalized spacial score (nSPS) is 19.3. The van der Waals surface area contributed by atoms with Crippen LogP contribution in [0.3, 0.4) is 0 Å². The van der Waals surface area contributed by atoms with Gasteiger partial charge in [-0.05, 0) is 12.5 Å². The van der Waals surface area contributed by atoms with Gasteiger partial charge in [-0.15, -0.1) is 22.0 Å². The van der Waals surface area contributed by atoms with Crippen molar-refractivity contribution in [1.29, 1.82) is 0 Å². The second-order valence-electron chi connectivity index (χ2n) is 7.03. The van der Waals surface area contributed by atoms with Crippen molar-refractivity contribution in [1.82, 2.24) is 25.0 Å². The third-order valence-electron chi connectivity index (χ3n) is 4.75.